The molecule has 0 amide bonds. The Kier molecular flexibility index (Phi) is 1.62. The van der Waals surface area contributed by atoms with Crippen LogP contribution in [0, 0.1) is 5.92 Å². The number of benzene rings is 7. The molecule has 0 bridgehead atoms. The Morgan fingerprint density at radius 3 is 1.72 bits per heavy atom. The highest BCUT2D eigenvalue weighted by molar-refractivity contribution is 6.62. The van der Waals surface area contributed by atoms with E-state index >= 15 is 0 Å². The molecule has 0 aliphatic heterocycles. The van der Waals surface area contributed by atoms with Crippen molar-refractivity contribution in [1.29, 1.82) is 0 Å². The lowest BCUT2D eigenvalue weighted by atomic mass is 9.72. The van der Waals surface area contributed by atoms with Crippen molar-refractivity contribution in [2.45, 2.75) is 25.2 Å². The summed E-state index contributed by atoms with van der Waals surface area (Å²) in [7, 11) is 0. The molecule has 0 nitrogen and oxygen atoms in total. The van der Waals surface area contributed by atoms with Gasteiger partial charge in [0.1, 0.15) is 0 Å². The maximum absolute atomic E-state index is 2.69. The van der Waals surface area contributed by atoms with Gasteiger partial charge in [0.15, 0.2) is 0 Å². The summed E-state index contributed by atoms with van der Waals surface area (Å²) in [4.78, 5) is 0. The van der Waals surface area contributed by atoms with Gasteiger partial charge in [0.25, 0.3) is 0 Å². The van der Waals surface area contributed by atoms with Crippen molar-refractivity contribution in [2.24, 2.45) is 5.92 Å². The topological polar surface area (TPSA) is 0 Å². The first-order valence-corrected chi connectivity index (χ1v) is 14.8. The van der Waals surface area contributed by atoms with E-state index in [2.05, 4.69) is 36.4 Å². The zero-order valence-corrected chi connectivity index (χ0v) is 20.7. The maximum Gasteiger partial charge on any atom is 0.0180 e. The Morgan fingerprint density at radius 2 is 0.897 bits per heavy atom. The lowest BCUT2D eigenvalue weighted by molar-refractivity contribution is 0.610. The third-order valence-corrected chi connectivity index (χ3v) is 13.1. The average Bonchev–Trinajstić information content (AvgIpc) is 3.74. The van der Waals surface area contributed by atoms with E-state index in [1.807, 2.05) is 0 Å². The first-order chi connectivity index (χ1) is 19.3. The summed E-state index contributed by atoms with van der Waals surface area (Å²) in [5.41, 5.74) is 11.5. The Labute approximate surface area is 219 Å². The van der Waals surface area contributed by atoms with Crippen LogP contribution in [0.15, 0.2) is 30.3 Å². The zero-order chi connectivity index (χ0) is 23.7. The molecule has 0 saturated carbocycles. The van der Waals surface area contributed by atoms with Gasteiger partial charge in [-0.05, 0) is 189 Å². The highest BCUT2D eigenvalue weighted by Crippen LogP contribution is 2.68. The third-order valence-electron chi connectivity index (χ3n) is 13.1. The number of rotatable bonds is 0. The number of hydrogen-bond donors (Lipinski definition) is 0. The highest BCUT2D eigenvalue weighted by atomic mass is 14.5. The highest BCUT2D eigenvalue weighted by Gasteiger charge is 2.46. The van der Waals surface area contributed by atoms with Gasteiger partial charge in [-0.1, -0.05) is 24.3 Å². The van der Waals surface area contributed by atoms with Crippen molar-refractivity contribution < 1.29 is 0 Å². The van der Waals surface area contributed by atoms with E-state index in [-0.39, 0.29) is 0 Å². The third kappa shape index (κ3) is 1.09. The average molecular weight is 483 g/mol. The summed E-state index contributed by atoms with van der Waals surface area (Å²) in [5.74, 6) is 1.15. The van der Waals surface area contributed by atoms with Crippen LogP contribution in [0.2, 0.25) is 0 Å². The first kappa shape index (κ1) is 15.9. The van der Waals surface area contributed by atoms with Crippen LogP contribution in [-0.2, 0) is 19.3 Å². The van der Waals surface area contributed by atoms with Crippen molar-refractivity contribution in [3.05, 3.63) is 74.5 Å². The van der Waals surface area contributed by atoms with Crippen LogP contribution in [-0.4, -0.2) is 0 Å². The van der Waals surface area contributed by atoms with Gasteiger partial charge in [0.2, 0.25) is 0 Å². The van der Waals surface area contributed by atoms with Gasteiger partial charge in [-0.15, -0.1) is 0 Å². The van der Waals surface area contributed by atoms with E-state index in [4.69, 9.17) is 0 Å². The molecule has 2 atom stereocenters. The maximum atomic E-state index is 2.69. The molecule has 0 aromatic heterocycles. The van der Waals surface area contributed by atoms with Gasteiger partial charge >= 0.3 is 0 Å². The minimum Gasteiger partial charge on any atom is -0.0725 e. The van der Waals surface area contributed by atoms with Crippen LogP contribution >= 0.6 is 0 Å². The number of hydrogen-bond acceptors (Lipinski definition) is 0. The molecule has 0 saturated heterocycles. The molecule has 39 heavy (non-hydrogen) atoms. The largest absolute Gasteiger partial charge is 0.0725 e. The second kappa shape index (κ2) is 3.98. The lowest BCUT2D eigenvalue weighted by Gasteiger charge is -2.30. The molecule has 5 aliphatic carbocycles. The summed E-state index contributed by atoms with van der Waals surface area (Å²) >= 11 is 0. The minimum absolute atomic E-state index is 0.551. The second-order valence-electron chi connectivity index (χ2n) is 14.2. The molecule has 16 rings (SSSR count). The van der Waals surface area contributed by atoms with Gasteiger partial charge in [-0.3, -0.25) is 0 Å². The molecular formula is C39H14. The Bertz CT molecular complexity index is 3220. The summed E-state index contributed by atoms with van der Waals surface area (Å²) in [6.07, 6.45) is 6.11. The SMILES string of the molecule is C1=c2cc3cc4cc5c6c4c4c3c3c2C2c7c8c(cc9c%10c%11c(cc(c%12c%11c%11c(c7c3c4c%11c6%12)c8%10)C5)C9)CC12. The van der Waals surface area contributed by atoms with Gasteiger partial charge in [-0.25, -0.2) is 0 Å². The van der Waals surface area contributed by atoms with Crippen molar-refractivity contribution in [3.63, 3.8) is 0 Å². The van der Waals surface area contributed by atoms with Crippen molar-refractivity contribution >= 4 is 114 Å². The van der Waals surface area contributed by atoms with Crippen LogP contribution in [0.25, 0.3) is 114 Å². The molecule has 170 valence electrons. The molecule has 0 N–H and O–H groups in total. The molecule has 0 heterocycles. The van der Waals surface area contributed by atoms with Crippen LogP contribution in [0.1, 0.15) is 44.9 Å². The molecule has 2 unspecified atom stereocenters. The van der Waals surface area contributed by atoms with E-state index in [9.17, 15) is 0 Å². The van der Waals surface area contributed by atoms with Crippen molar-refractivity contribution in [3.8, 4) is 0 Å². The van der Waals surface area contributed by atoms with Crippen LogP contribution in [0.5, 0.6) is 0 Å². The van der Waals surface area contributed by atoms with Gasteiger partial charge < -0.3 is 0 Å². The fourth-order valence-electron chi connectivity index (χ4n) is 12.5. The normalized spacial score (nSPS) is 21.7. The quantitative estimate of drug-likeness (QED) is 0.190. The lowest BCUT2D eigenvalue weighted by Crippen LogP contribution is -2.18. The van der Waals surface area contributed by atoms with E-state index in [0.29, 0.717) is 11.8 Å². The first-order valence-electron chi connectivity index (χ1n) is 14.8. The van der Waals surface area contributed by atoms with Gasteiger partial charge in [0, 0.05) is 5.92 Å². The minimum atomic E-state index is 0.551. The monoisotopic (exact) mass is 482 g/mol. The van der Waals surface area contributed by atoms with Crippen LogP contribution in [0.4, 0.5) is 0 Å². The fourth-order valence-corrected chi connectivity index (χ4v) is 12.5. The molecule has 11 aromatic rings. The Morgan fingerprint density at radius 1 is 0.385 bits per heavy atom. The van der Waals surface area contributed by atoms with E-state index in [1.54, 1.807) is 141 Å². The molecule has 0 fully saturated rings. The summed E-state index contributed by atoms with van der Waals surface area (Å²) in [6, 6.07) is 13.1. The second-order valence-corrected chi connectivity index (χ2v) is 14.2. The Hall–Kier alpha value is -4.42. The Balaban J connectivity index is 1.53. The fraction of sp³-hybridized carbons (Fsp3) is 0.128. The molecule has 5 aliphatic rings. The molecule has 11 aromatic carbocycles. The van der Waals surface area contributed by atoms with E-state index in [1.165, 1.54) is 17.2 Å². The molecule has 0 radical (unpaired) electrons. The predicted molar refractivity (Wildman–Crippen MR) is 163 cm³/mol. The molecule has 0 heteroatoms. The van der Waals surface area contributed by atoms with E-state index in [0.717, 1.165) is 12.8 Å². The van der Waals surface area contributed by atoms with Crippen LogP contribution < -0.4 is 5.22 Å². The predicted octanol–water partition coefficient (Wildman–Crippen LogP) is 8.78. The smallest absolute Gasteiger partial charge is 0.0180 e. The van der Waals surface area contributed by atoms with Crippen LogP contribution in [0.3, 0.4) is 0 Å². The molecule has 0 spiro atoms. The zero-order valence-electron chi connectivity index (χ0n) is 20.7. The standard InChI is InChI=1S/C39H14/c1-10-4-16-6-12-2-14-8-18-9-15-3-13-7-17-5-11(1)20-19(10)28-25(16)30-21(12)23(14)32-27(18)33-24(15)22(13)31-26(17)29(20)35-34(28)36(30)38(32)39(33)37(31)35/h1-2,4,6-7,9,11,20H,3,5,8H2. The van der Waals surface area contributed by atoms with Crippen molar-refractivity contribution in [2.75, 3.05) is 0 Å². The molecular weight excluding hydrogens is 468 g/mol. The van der Waals surface area contributed by atoms with Crippen molar-refractivity contribution in [1.82, 2.24) is 0 Å². The van der Waals surface area contributed by atoms with Gasteiger partial charge in [-0.2, -0.15) is 0 Å². The summed E-state index contributed by atoms with van der Waals surface area (Å²) in [6.45, 7) is 0. The summed E-state index contributed by atoms with van der Waals surface area (Å²) < 4.78 is 0. The van der Waals surface area contributed by atoms with E-state index < -0.39 is 0 Å². The van der Waals surface area contributed by atoms with Gasteiger partial charge in [0.05, 0.1) is 0 Å². The summed E-state index contributed by atoms with van der Waals surface area (Å²) in [5, 5.41) is 34.0.